The lowest BCUT2D eigenvalue weighted by molar-refractivity contribution is 0.652. The van der Waals surface area contributed by atoms with Crippen LogP contribution in [0.15, 0.2) is 30.3 Å². The van der Waals surface area contributed by atoms with Gasteiger partial charge in [-0.15, -0.1) is 0 Å². The second-order valence-corrected chi connectivity index (χ2v) is 4.13. The van der Waals surface area contributed by atoms with Gasteiger partial charge in [0.25, 0.3) is 0 Å². The molecule has 4 heteroatoms. The lowest BCUT2D eigenvalue weighted by atomic mass is 10.2. The van der Waals surface area contributed by atoms with Gasteiger partial charge in [-0.2, -0.15) is 5.10 Å². The van der Waals surface area contributed by atoms with Crippen LogP contribution in [-0.4, -0.2) is 9.78 Å². The highest BCUT2D eigenvalue weighted by molar-refractivity contribution is 6.30. The molecule has 16 heavy (non-hydrogen) atoms. The fourth-order valence-corrected chi connectivity index (χ4v) is 1.79. The number of aromatic nitrogens is 2. The lowest BCUT2D eigenvalue weighted by Gasteiger charge is -2.05. The maximum Gasteiger partial charge on any atom is 0.145 e. The molecule has 0 atom stereocenters. The van der Waals surface area contributed by atoms with E-state index in [1.165, 1.54) is 5.56 Å². The van der Waals surface area contributed by atoms with Crippen molar-refractivity contribution >= 4 is 17.4 Å². The maximum atomic E-state index is 5.83. The fraction of sp³-hybridized carbons (Fsp3) is 0.250. The van der Waals surface area contributed by atoms with Crippen LogP contribution in [0.5, 0.6) is 0 Å². The van der Waals surface area contributed by atoms with E-state index in [1.807, 2.05) is 35.0 Å². The molecule has 0 saturated carbocycles. The zero-order valence-electron chi connectivity index (χ0n) is 9.15. The highest BCUT2D eigenvalue weighted by Crippen LogP contribution is 2.13. The summed E-state index contributed by atoms with van der Waals surface area (Å²) in [6.07, 6.45) is 0.928. The van der Waals surface area contributed by atoms with Crippen LogP contribution < -0.4 is 5.73 Å². The Hall–Kier alpha value is -1.48. The number of hydrogen-bond donors (Lipinski definition) is 1. The molecule has 3 nitrogen and oxygen atoms in total. The number of halogens is 1. The Morgan fingerprint density at radius 3 is 2.62 bits per heavy atom. The minimum absolute atomic E-state index is 0.575. The lowest BCUT2D eigenvalue weighted by Crippen LogP contribution is -2.05. The summed E-state index contributed by atoms with van der Waals surface area (Å²) in [6.45, 7) is 2.83. The molecule has 0 bridgehead atoms. The summed E-state index contributed by atoms with van der Waals surface area (Å²) >= 11 is 5.83. The molecule has 1 aromatic heterocycles. The number of benzene rings is 1. The SMILES string of the molecule is CCc1cc(N)nn1Cc1ccc(Cl)cc1. The van der Waals surface area contributed by atoms with Gasteiger partial charge >= 0.3 is 0 Å². The molecule has 0 spiro atoms. The topological polar surface area (TPSA) is 43.8 Å². The Morgan fingerprint density at radius 2 is 2.00 bits per heavy atom. The van der Waals surface area contributed by atoms with Crippen molar-refractivity contribution in [2.24, 2.45) is 0 Å². The van der Waals surface area contributed by atoms with E-state index in [9.17, 15) is 0 Å². The summed E-state index contributed by atoms with van der Waals surface area (Å²) in [7, 11) is 0. The van der Waals surface area contributed by atoms with Crippen molar-refractivity contribution in [3.05, 3.63) is 46.6 Å². The second-order valence-electron chi connectivity index (χ2n) is 3.70. The first-order valence-electron chi connectivity index (χ1n) is 5.25. The third kappa shape index (κ3) is 2.36. The van der Waals surface area contributed by atoms with E-state index in [1.54, 1.807) is 0 Å². The molecule has 0 fully saturated rings. The molecule has 0 aliphatic carbocycles. The van der Waals surface area contributed by atoms with Gasteiger partial charge in [0, 0.05) is 16.8 Å². The highest BCUT2D eigenvalue weighted by Gasteiger charge is 2.04. The van der Waals surface area contributed by atoms with E-state index < -0.39 is 0 Å². The van der Waals surface area contributed by atoms with Crippen molar-refractivity contribution in [3.8, 4) is 0 Å². The smallest absolute Gasteiger partial charge is 0.145 e. The van der Waals surface area contributed by atoms with Crippen molar-refractivity contribution in [2.75, 3.05) is 5.73 Å². The van der Waals surface area contributed by atoms with Crippen molar-refractivity contribution in [3.63, 3.8) is 0 Å². The van der Waals surface area contributed by atoms with Gasteiger partial charge in [-0.3, -0.25) is 4.68 Å². The molecule has 0 aliphatic heterocycles. The minimum atomic E-state index is 0.575. The van der Waals surface area contributed by atoms with Crippen molar-refractivity contribution in [1.82, 2.24) is 9.78 Å². The van der Waals surface area contributed by atoms with Crippen LogP contribution in [0.1, 0.15) is 18.2 Å². The Bertz CT molecular complexity index is 474. The third-order valence-electron chi connectivity index (χ3n) is 2.49. The first kappa shape index (κ1) is 11.0. The average molecular weight is 236 g/mol. The molecule has 1 aromatic carbocycles. The van der Waals surface area contributed by atoms with Gasteiger partial charge in [0.05, 0.1) is 6.54 Å². The van der Waals surface area contributed by atoms with E-state index >= 15 is 0 Å². The zero-order valence-corrected chi connectivity index (χ0v) is 9.91. The van der Waals surface area contributed by atoms with Crippen LogP contribution in [0.4, 0.5) is 5.82 Å². The van der Waals surface area contributed by atoms with Crippen molar-refractivity contribution < 1.29 is 0 Å². The summed E-state index contributed by atoms with van der Waals surface area (Å²) < 4.78 is 1.93. The highest BCUT2D eigenvalue weighted by atomic mass is 35.5. The van der Waals surface area contributed by atoms with Gasteiger partial charge in [-0.05, 0) is 24.1 Å². The van der Waals surface area contributed by atoms with Crippen molar-refractivity contribution in [1.29, 1.82) is 0 Å². The summed E-state index contributed by atoms with van der Waals surface area (Å²) in [4.78, 5) is 0. The van der Waals surface area contributed by atoms with E-state index in [2.05, 4.69) is 12.0 Å². The van der Waals surface area contributed by atoms with Gasteiger partial charge in [-0.25, -0.2) is 0 Å². The van der Waals surface area contributed by atoms with Crippen LogP contribution in [0.25, 0.3) is 0 Å². The Morgan fingerprint density at radius 1 is 1.31 bits per heavy atom. The second kappa shape index (κ2) is 4.58. The molecule has 2 aromatic rings. The van der Waals surface area contributed by atoms with Crippen LogP contribution in [0, 0.1) is 0 Å². The molecular weight excluding hydrogens is 222 g/mol. The van der Waals surface area contributed by atoms with E-state index in [0.717, 1.165) is 23.7 Å². The fourth-order valence-electron chi connectivity index (χ4n) is 1.66. The van der Waals surface area contributed by atoms with E-state index in [0.29, 0.717) is 5.82 Å². The maximum absolute atomic E-state index is 5.83. The summed E-state index contributed by atoms with van der Waals surface area (Å²) in [5, 5.41) is 5.01. The summed E-state index contributed by atoms with van der Waals surface area (Å²) in [6, 6.07) is 9.68. The largest absolute Gasteiger partial charge is 0.382 e. The van der Waals surface area contributed by atoms with E-state index in [-0.39, 0.29) is 0 Å². The number of hydrogen-bond acceptors (Lipinski definition) is 2. The first-order valence-corrected chi connectivity index (χ1v) is 5.63. The Kier molecular flexibility index (Phi) is 3.15. The van der Waals surface area contributed by atoms with Crippen LogP contribution in [0.3, 0.4) is 0 Å². The Labute approximate surface area is 99.8 Å². The molecule has 0 aliphatic rings. The van der Waals surface area contributed by atoms with Gasteiger partial charge < -0.3 is 5.73 Å². The molecule has 0 saturated heterocycles. The average Bonchev–Trinajstić information content (AvgIpc) is 2.62. The Balaban J connectivity index is 2.22. The van der Waals surface area contributed by atoms with Gasteiger partial charge in [0.2, 0.25) is 0 Å². The molecule has 84 valence electrons. The van der Waals surface area contributed by atoms with Gasteiger partial charge in [-0.1, -0.05) is 30.7 Å². The van der Waals surface area contributed by atoms with Crippen LogP contribution in [0.2, 0.25) is 5.02 Å². The molecule has 2 rings (SSSR count). The predicted octanol–water partition coefficient (Wildman–Crippen LogP) is 2.73. The number of nitrogens with two attached hydrogens (primary N) is 1. The number of nitrogens with zero attached hydrogens (tertiary/aromatic N) is 2. The van der Waals surface area contributed by atoms with Gasteiger partial charge in [0.1, 0.15) is 5.82 Å². The molecule has 2 N–H and O–H groups in total. The predicted molar refractivity (Wildman–Crippen MR) is 66.6 cm³/mol. The number of anilines is 1. The zero-order chi connectivity index (χ0) is 11.5. The molecule has 0 radical (unpaired) electrons. The molecule has 0 unspecified atom stereocenters. The number of aryl methyl sites for hydroxylation is 1. The number of nitrogen functional groups attached to an aromatic ring is 1. The number of rotatable bonds is 3. The standard InChI is InChI=1S/C12H14ClN3/c1-2-11-7-12(14)15-16(11)8-9-3-5-10(13)6-4-9/h3-7H,2,8H2,1H3,(H2,14,15). The normalized spacial score (nSPS) is 10.6. The monoisotopic (exact) mass is 235 g/mol. The molecule has 1 heterocycles. The molecular formula is C12H14ClN3. The quantitative estimate of drug-likeness (QED) is 0.889. The summed E-state index contributed by atoms with van der Waals surface area (Å²) in [5.74, 6) is 0.575. The van der Waals surface area contributed by atoms with Gasteiger partial charge in [0.15, 0.2) is 0 Å². The minimum Gasteiger partial charge on any atom is -0.382 e. The van der Waals surface area contributed by atoms with E-state index in [4.69, 9.17) is 17.3 Å². The van der Waals surface area contributed by atoms with Crippen molar-refractivity contribution in [2.45, 2.75) is 19.9 Å². The summed E-state index contributed by atoms with van der Waals surface area (Å²) in [5.41, 5.74) is 7.99. The van der Waals surface area contributed by atoms with Crippen LogP contribution >= 0.6 is 11.6 Å². The molecule has 0 amide bonds. The third-order valence-corrected chi connectivity index (χ3v) is 2.74. The first-order chi connectivity index (χ1) is 7.69. The van der Waals surface area contributed by atoms with Crippen LogP contribution in [-0.2, 0) is 13.0 Å².